The zero-order valence-corrected chi connectivity index (χ0v) is 9.06. The van der Waals surface area contributed by atoms with Crippen LogP contribution in [0, 0.1) is 0 Å². The van der Waals surface area contributed by atoms with Gasteiger partial charge in [-0.25, -0.2) is 4.79 Å². The number of esters is 1. The fourth-order valence-electron chi connectivity index (χ4n) is 1.67. The maximum absolute atomic E-state index is 11.7. The van der Waals surface area contributed by atoms with Gasteiger partial charge >= 0.3 is 5.97 Å². The molecule has 0 aliphatic heterocycles. The van der Waals surface area contributed by atoms with E-state index in [-0.39, 0.29) is 18.1 Å². The summed E-state index contributed by atoms with van der Waals surface area (Å²) in [6.07, 6.45) is 3.71. The minimum absolute atomic E-state index is 0.214. The lowest BCUT2D eigenvalue weighted by Crippen LogP contribution is -2.16. The van der Waals surface area contributed by atoms with E-state index in [0.717, 1.165) is 0 Å². The van der Waals surface area contributed by atoms with Gasteiger partial charge in [0.1, 0.15) is 6.10 Å². The van der Waals surface area contributed by atoms with Crippen LogP contribution in [-0.4, -0.2) is 18.1 Å². The van der Waals surface area contributed by atoms with Crippen molar-refractivity contribution in [2.24, 2.45) is 5.11 Å². The molecule has 2 rings (SSSR count). The van der Waals surface area contributed by atoms with Gasteiger partial charge in [0, 0.05) is 4.91 Å². The number of carbonyl (C=O) groups excluding carboxylic acids is 1. The van der Waals surface area contributed by atoms with Crippen LogP contribution in [0.15, 0.2) is 47.6 Å². The van der Waals surface area contributed by atoms with E-state index in [9.17, 15) is 4.79 Å². The van der Waals surface area contributed by atoms with Gasteiger partial charge in [0.2, 0.25) is 0 Å². The van der Waals surface area contributed by atoms with Gasteiger partial charge in [-0.3, -0.25) is 0 Å². The van der Waals surface area contributed by atoms with Crippen molar-refractivity contribution in [3.63, 3.8) is 0 Å². The van der Waals surface area contributed by atoms with Gasteiger partial charge in [-0.1, -0.05) is 29.4 Å². The first-order chi connectivity index (χ1) is 8.29. The van der Waals surface area contributed by atoms with Crippen LogP contribution in [0.3, 0.4) is 0 Å². The molecule has 1 aromatic carbocycles. The molecule has 1 aliphatic rings. The Hall–Kier alpha value is -2.26. The molecule has 0 amide bonds. The van der Waals surface area contributed by atoms with Gasteiger partial charge in [0.15, 0.2) is 0 Å². The fraction of sp³-hybridized carbons (Fsp3) is 0.250. The maximum Gasteiger partial charge on any atom is 0.338 e. The second kappa shape index (κ2) is 5.18. The molecule has 0 fully saturated rings. The molecular weight excluding hydrogens is 218 g/mol. The fourth-order valence-corrected chi connectivity index (χ4v) is 1.67. The second-order valence-electron chi connectivity index (χ2n) is 3.70. The average molecular weight is 229 g/mol. The molecule has 0 unspecified atom stereocenters. The molecule has 0 bridgehead atoms. The SMILES string of the molecule is [N-]=[N+]=N[C@H]1C=C[C@@H](OC(=O)c2ccccc2)C1. The van der Waals surface area contributed by atoms with E-state index < -0.39 is 0 Å². The van der Waals surface area contributed by atoms with Gasteiger partial charge in [-0.05, 0) is 30.2 Å². The van der Waals surface area contributed by atoms with Gasteiger partial charge in [-0.15, -0.1) is 0 Å². The van der Waals surface area contributed by atoms with E-state index in [1.54, 1.807) is 36.4 Å². The monoisotopic (exact) mass is 229 g/mol. The first-order valence-electron chi connectivity index (χ1n) is 5.28. The first kappa shape index (κ1) is 11.2. The summed E-state index contributed by atoms with van der Waals surface area (Å²) in [5, 5.41) is 3.56. The Balaban J connectivity index is 1.93. The highest BCUT2D eigenvalue weighted by molar-refractivity contribution is 5.89. The topological polar surface area (TPSA) is 75.1 Å². The number of nitrogens with zero attached hydrogens (tertiary/aromatic N) is 3. The lowest BCUT2D eigenvalue weighted by atomic mass is 10.2. The smallest absolute Gasteiger partial charge is 0.338 e. The molecule has 0 aromatic heterocycles. The van der Waals surface area contributed by atoms with Crippen LogP contribution in [0.2, 0.25) is 0 Å². The number of hydrogen-bond acceptors (Lipinski definition) is 3. The number of ether oxygens (including phenoxy) is 1. The van der Waals surface area contributed by atoms with Gasteiger partial charge in [-0.2, -0.15) is 0 Å². The summed E-state index contributed by atoms with van der Waals surface area (Å²) in [4.78, 5) is 14.4. The Morgan fingerprint density at radius 3 is 2.82 bits per heavy atom. The van der Waals surface area contributed by atoms with Crippen LogP contribution in [0.1, 0.15) is 16.8 Å². The van der Waals surface area contributed by atoms with Crippen molar-refractivity contribution in [2.75, 3.05) is 0 Å². The number of carbonyl (C=O) groups is 1. The quantitative estimate of drug-likeness (QED) is 0.263. The highest BCUT2D eigenvalue weighted by atomic mass is 16.5. The zero-order chi connectivity index (χ0) is 12.1. The van der Waals surface area contributed by atoms with Crippen LogP contribution in [0.4, 0.5) is 0 Å². The van der Waals surface area contributed by atoms with Crippen LogP contribution in [-0.2, 0) is 4.74 Å². The minimum Gasteiger partial charge on any atom is -0.455 e. The Kier molecular flexibility index (Phi) is 3.43. The van der Waals surface area contributed by atoms with E-state index in [1.165, 1.54) is 0 Å². The highest BCUT2D eigenvalue weighted by Crippen LogP contribution is 2.18. The Morgan fingerprint density at radius 2 is 2.12 bits per heavy atom. The lowest BCUT2D eigenvalue weighted by Gasteiger charge is -2.10. The lowest BCUT2D eigenvalue weighted by molar-refractivity contribution is 0.0391. The van der Waals surface area contributed by atoms with E-state index in [0.29, 0.717) is 12.0 Å². The Bertz CT molecular complexity index is 478. The first-order valence-corrected chi connectivity index (χ1v) is 5.28. The predicted octanol–water partition coefficient (Wildman–Crippen LogP) is 2.85. The van der Waals surface area contributed by atoms with Gasteiger partial charge < -0.3 is 4.74 Å². The molecule has 0 saturated carbocycles. The summed E-state index contributed by atoms with van der Waals surface area (Å²) < 4.78 is 5.26. The molecule has 2 atom stereocenters. The largest absolute Gasteiger partial charge is 0.455 e. The molecule has 0 N–H and O–H groups in total. The molecular formula is C12H11N3O2. The molecule has 0 heterocycles. The number of hydrogen-bond donors (Lipinski definition) is 0. The predicted molar refractivity (Wildman–Crippen MR) is 62.3 cm³/mol. The minimum atomic E-state index is -0.359. The summed E-state index contributed by atoms with van der Waals surface area (Å²) in [5.74, 6) is -0.359. The molecule has 5 nitrogen and oxygen atoms in total. The normalized spacial score (nSPS) is 21.9. The van der Waals surface area contributed by atoms with Crippen molar-refractivity contribution in [2.45, 2.75) is 18.6 Å². The third-order valence-corrected chi connectivity index (χ3v) is 2.49. The van der Waals surface area contributed by atoms with E-state index in [4.69, 9.17) is 10.3 Å². The molecule has 0 spiro atoms. The van der Waals surface area contributed by atoms with E-state index >= 15 is 0 Å². The molecule has 86 valence electrons. The Morgan fingerprint density at radius 1 is 1.35 bits per heavy atom. The van der Waals surface area contributed by atoms with Crippen molar-refractivity contribution >= 4 is 5.97 Å². The van der Waals surface area contributed by atoms with Gasteiger partial charge in [0.25, 0.3) is 0 Å². The standard InChI is InChI=1S/C12H11N3O2/c13-15-14-10-6-7-11(8-10)17-12(16)9-4-2-1-3-5-9/h1-7,10-11H,8H2/t10-,11+/m0/s1. The number of azide groups is 1. The summed E-state index contributed by atoms with van der Waals surface area (Å²) in [6.45, 7) is 0. The van der Waals surface area contributed by atoms with Crippen molar-refractivity contribution in [3.05, 3.63) is 58.5 Å². The zero-order valence-electron chi connectivity index (χ0n) is 9.06. The van der Waals surface area contributed by atoms with Crippen molar-refractivity contribution < 1.29 is 9.53 Å². The van der Waals surface area contributed by atoms with Gasteiger partial charge in [0.05, 0.1) is 11.6 Å². The summed E-state index contributed by atoms with van der Waals surface area (Å²) in [7, 11) is 0. The third-order valence-electron chi connectivity index (χ3n) is 2.49. The van der Waals surface area contributed by atoms with E-state index in [2.05, 4.69) is 10.0 Å². The molecule has 1 aromatic rings. The van der Waals surface area contributed by atoms with Crippen molar-refractivity contribution in [3.8, 4) is 0 Å². The molecule has 1 aliphatic carbocycles. The summed E-state index contributed by atoms with van der Waals surface area (Å²) >= 11 is 0. The van der Waals surface area contributed by atoms with Crippen molar-refractivity contribution in [1.82, 2.24) is 0 Å². The molecule has 0 saturated heterocycles. The van der Waals surface area contributed by atoms with Crippen LogP contribution in [0.5, 0.6) is 0 Å². The average Bonchev–Trinajstić information content (AvgIpc) is 2.78. The number of rotatable bonds is 3. The summed E-state index contributed by atoms with van der Waals surface area (Å²) in [5.41, 5.74) is 8.81. The summed E-state index contributed by atoms with van der Waals surface area (Å²) in [6, 6.07) is 8.59. The van der Waals surface area contributed by atoms with Crippen LogP contribution >= 0.6 is 0 Å². The second-order valence-corrected chi connectivity index (χ2v) is 3.70. The highest BCUT2D eigenvalue weighted by Gasteiger charge is 2.21. The van der Waals surface area contributed by atoms with Crippen LogP contribution in [0.25, 0.3) is 10.4 Å². The van der Waals surface area contributed by atoms with Crippen molar-refractivity contribution in [1.29, 1.82) is 0 Å². The van der Waals surface area contributed by atoms with Crippen LogP contribution < -0.4 is 0 Å². The molecule has 0 radical (unpaired) electrons. The number of benzene rings is 1. The molecule has 17 heavy (non-hydrogen) atoms. The maximum atomic E-state index is 11.7. The Labute approximate surface area is 98.3 Å². The third kappa shape index (κ3) is 2.86. The molecule has 5 heteroatoms. The van der Waals surface area contributed by atoms with E-state index in [1.807, 2.05) is 6.07 Å².